The van der Waals surface area contributed by atoms with Gasteiger partial charge in [0.15, 0.2) is 0 Å². The van der Waals surface area contributed by atoms with Gasteiger partial charge in [0, 0.05) is 23.5 Å². The minimum Gasteiger partial charge on any atom is -0.338 e. The van der Waals surface area contributed by atoms with Crippen LogP contribution in [-0.4, -0.2) is 28.7 Å². The summed E-state index contributed by atoms with van der Waals surface area (Å²) in [6.45, 7) is 8.25. The van der Waals surface area contributed by atoms with Gasteiger partial charge < -0.3 is 4.90 Å². The molecule has 1 aliphatic rings. The smallest absolute Gasteiger partial charge is 0.253 e. The maximum atomic E-state index is 12.4. The standard InChI is InChI=1S/C16H22BrNO/c1-11(2)13-4-6-14(7-5-13)16(19)18-9-8-12(3)15(17)10-18/h4-7,11-12,15H,8-10H2,1-3H3. The van der Waals surface area contributed by atoms with E-state index in [-0.39, 0.29) is 5.91 Å². The van der Waals surface area contributed by atoms with Crippen molar-refractivity contribution in [1.82, 2.24) is 4.90 Å². The largest absolute Gasteiger partial charge is 0.338 e. The summed E-state index contributed by atoms with van der Waals surface area (Å²) in [6.07, 6.45) is 1.08. The minimum atomic E-state index is 0.159. The van der Waals surface area contributed by atoms with Crippen molar-refractivity contribution in [2.24, 2.45) is 5.92 Å². The lowest BCUT2D eigenvalue weighted by Gasteiger charge is -2.34. The number of benzene rings is 1. The van der Waals surface area contributed by atoms with Crippen molar-refractivity contribution >= 4 is 21.8 Å². The third kappa shape index (κ3) is 3.38. The number of carbonyl (C=O) groups is 1. The lowest BCUT2D eigenvalue weighted by molar-refractivity contribution is 0.0706. The third-order valence-electron chi connectivity index (χ3n) is 3.98. The normalized spacial score (nSPS) is 23.7. The molecule has 0 aromatic heterocycles. The molecule has 0 radical (unpaired) electrons. The van der Waals surface area contributed by atoms with Crippen molar-refractivity contribution in [3.8, 4) is 0 Å². The fourth-order valence-electron chi connectivity index (χ4n) is 2.40. The highest BCUT2D eigenvalue weighted by atomic mass is 79.9. The van der Waals surface area contributed by atoms with E-state index < -0.39 is 0 Å². The van der Waals surface area contributed by atoms with Gasteiger partial charge in [0.1, 0.15) is 0 Å². The average Bonchev–Trinajstić information content (AvgIpc) is 2.41. The molecule has 0 saturated carbocycles. The van der Waals surface area contributed by atoms with E-state index in [0.29, 0.717) is 16.7 Å². The SMILES string of the molecule is CC(C)c1ccc(C(=O)N2CCC(C)C(Br)C2)cc1. The lowest BCUT2D eigenvalue weighted by atomic mass is 9.97. The van der Waals surface area contributed by atoms with Crippen LogP contribution in [0.1, 0.15) is 49.0 Å². The van der Waals surface area contributed by atoms with Gasteiger partial charge in [-0.05, 0) is 36.0 Å². The maximum Gasteiger partial charge on any atom is 0.253 e. The van der Waals surface area contributed by atoms with Crippen molar-refractivity contribution in [2.45, 2.75) is 37.9 Å². The Hall–Kier alpha value is -0.830. The van der Waals surface area contributed by atoms with Gasteiger partial charge >= 0.3 is 0 Å². The highest BCUT2D eigenvalue weighted by Crippen LogP contribution is 2.24. The van der Waals surface area contributed by atoms with Crippen molar-refractivity contribution in [1.29, 1.82) is 0 Å². The van der Waals surface area contributed by atoms with Gasteiger partial charge in [-0.25, -0.2) is 0 Å². The molecule has 19 heavy (non-hydrogen) atoms. The van der Waals surface area contributed by atoms with Gasteiger partial charge in [-0.2, -0.15) is 0 Å². The molecule has 1 saturated heterocycles. The third-order valence-corrected chi connectivity index (χ3v) is 5.17. The molecule has 0 spiro atoms. The van der Waals surface area contributed by atoms with Crippen LogP contribution in [0.2, 0.25) is 0 Å². The van der Waals surface area contributed by atoms with Crippen molar-refractivity contribution in [3.05, 3.63) is 35.4 Å². The Morgan fingerprint density at radius 3 is 2.47 bits per heavy atom. The van der Waals surface area contributed by atoms with E-state index in [1.807, 2.05) is 17.0 Å². The van der Waals surface area contributed by atoms with Crippen LogP contribution in [0.25, 0.3) is 0 Å². The van der Waals surface area contributed by atoms with E-state index >= 15 is 0 Å². The summed E-state index contributed by atoms with van der Waals surface area (Å²) in [5.74, 6) is 1.31. The van der Waals surface area contributed by atoms with Gasteiger partial charge in [0.05, 0.1) is 0 Å². The first-order valence-electron chi connectivity index (χ1n) is 7.02. The van der Waals surface area contributed by atoms with Gasteiger partial charge in [-0.3, -0.25) is 4.79 Å². The quantitative estimate of drug-likeness (QED) is 0.752. The van der Waals surface area contributed by atoms with Gasteiger partial charge in [0.25, 0.3) is 5.91 Å². The number of carbonyl (C=O) groups excluding carboxylic acids is 1. The Kier molecular flexibility index (Phi) is 4.67. The summed E-state index contributed by atoms with van der Waals surface area (Å²) in [4.78, 5) is 14.8. The number of piperidine rings is 1. The number of alkyl halides is 1. The molecule has 104 valence electrons. The van der Waals surface area contributed by atoms with Crippen LogP contribution in [0.3, 0.4) is 0 Å². The van der Waals surface area contributed by atoms with E-state index in [9.17, 15) is 4.79 Å². The predicted octanol–water partition coefficient (Wildman–Crippen LogP) is 4.06. The number of hydrogen-bond acceptors (Lipinski definition) is 1. The number of likely N-dealkylation sites (tertiary alicyclic amines) is 1. The second kappa shape index (κ2) is 6.08. The molecule has 1 aromatic carbocycles. The number of hydrogen-bond donors (Lipinski definition) is 0. The zero-order valence-corrected chi connectivity index (χ0v) is 13.5. The van der Waals surface area contributed by atoms with Crippen molar-refractivity contribution in [3.63, 3.8) is 0 Å². The van der Waals surface area contributed by atoms with E-state index in [4.69, 9.17) is 0 Å². The fraction of sp³-hybridized carbons (Fsp3) is 0.562. The predicted molar refractivity (Wildman–Crippen MR) is 82.9 cm³/mol. The van der Waals surface area contributed by atoms with Crippen LogP contribution >= 0.6 is 15.9 Å². The summed E-state index contributed by atoms with van der Waals surface area (Å²) in [5.41, 5.74) is 2.08. The summed E-state index contributed by atoms with van der Waals surface area (Å²) in [7, 11) is 0. The van der Waals surface area contributed by atoms with Gasteiger partial charge in [-0.15, -0.1) is 0 Å². The fourth-order valence-corrected chi connectivity index (χ4v) is 3.01. The molecule has 0 aliphatic carbocycles. The Labute approximate surface area is 124 Å². The zero-order valence-electron chi connectivity index (χ0n) is 11.9. The molecule has 1 amide bonds. The summed E-state index contributed by atoms with van der Waals surface area (Å²) in [6, 6.07) is 8.05. The molecule has 1 heterocycles. The highest BCUT2D eigenvalue weighted by Gasteiger charge is 2.27. The molecule has 2 rings (SSSR count). The van der Waals surface area contributed by atoms with Crippen LogP contribution in [0, 0.1) is 5.92 Å². The Morgan fingerprint density at radius 2 is 1.95 bits per heavy atom. The first-order valence-corrected chi connectivity index (χ1v) is 7.94. The molecule has 1 fully saturated rings. The highest BCUT2D eigenvalue weighted by molar-refractivity contribution is 9.09. The van der Waals surface area contributed by atoms with Crippen molar-refractivity contribution in [2.75, 3.05) is 13.1 Å². The first-order chi connectivity index (χ1) is 8.99. The first kappa shape index (κ1) is 14.6. The summed E-state index contributed by atoms with van der Waals surface area (Å²) in [5, 5.41) is 0. The number of amides is 1. The Morgan fingerprint density at radius 1 is 1.32 bits per heavy atom. The lowest BCUT2D eigenvalue weighted by Crippen LogP contribution is -2.43. The van der Waals surface area contributed by atoms with Crippen LogP contribution in [0.15, 0.2) is 24.3 Å². The van der Waals surface area contributed by atoms with Crippen molar-refractivity contribution < 1.29 is 4.79 Å². The average molecular weight is 324 g/mol. The molecule has 1 aliphatic heterocycles. The molecule has 2 atom stereocenters. The molecular formula is C16H22BrNO. The number of halogens is 1. The number of nitrogens with zero attached hydrogens (tertiary/aromatic N) is 1. The van der Waals surface area contributed by atoms with E-state index in [0.717, 1.165) is 25.1 Å². The van der Waals surface area contributed by atoms with E-state index in [1.165, 1.54) is 5.56 Å². The topological polar surface area (TPSA) is 20.3 Å². The molecule has 2 unspecified atom stereocenters. The second-order valence-corrected chi connectivity index (χ2v) is 6.99. The molecule has 3 heteroatoms. The number of rotatable bonds is 2. The minimum absolute atomic E-state index is 0.159. The van der Waals surface area contributed by atoms with Crippen LogP contribution in [-0.2, 0) is 0 Å². The zero-order chi connectivity index (χ0) is 14.0. The summed E-state index contributed by atoms with van der Waals surface area (Å²) >= 11 is 3.67. The van der Waals surface area contributed by atoms with Crippen LogP contribution in [0.4, 0.5) is 0 Å². The molecule has 0 bridgehead atoms. The summed E-state index contributed by atoms with van der Waals surface area (Å²) < 4.78 is 0. The van der Waals surface area contributed by atoms with Crippen LogP contribution in [0.5, 0.6) is 0 Å². The Balaban J connectivity index is 2.07. The molecular weight excluding hydrogens is 302 g/mol. The monoisotopic (exact) mass is 323 g/mol. The van der Waals surface area contributed by atoms with E-state index in [2.05, 4.69) is 48.8 Å². The van der Waals surface area contributed by atoms with Gasteiger partial charge in [0.2, 0.25) is 0 Å². The molecule has 2 nitrogen and oxygen atoms in total. The van der Waals surface area contributed by atoms with Gasteiger partial charge in [-0.1, -0.05) is 48.8 Å². The van der Waals surface area contributed by atoms with E-state index in [1.54, 1.807) is 0 Å². The molecule has 1 aromatic rings. The molecule has 0 N–H and O–H groups in total. The second-order valence-electron chi connectivity index (χ2n) is 5.81. The van der Waals surface area contributed by atoms with Crippen LogP contribution < -0.4 is 0 Å². The Bertz CT molecular complexity index is 441. The maximum absolute atomic E-state index is 12.4.